The van der Waals surface area contributed by atoms with Crippen LogP contribution in [0, 0.1) is 10.1 Å². The summed E-state index contributed by atoms with van der Waals surface area (Å²) in [5.41, 5.74) is -0.585. The van der Waals surface area contributed by atoms with Crippen LogP contribution in [0.2, 0.25) is 0 Å². The van der Waals surface area contributed by atoms with Crippen molar-refractivity contribution in [3.05, 3.63) is 39.4 Å². The van der Waals surface area contributed by atoms with Crippen LogP contribution in [0.1, 0.15) is 35.7 Å². The highest BCUT2D eigenvalue weighted by Gasteiger charge is 2.29. The van der Waals surface area contributed by atoms with Crippen LogP contribution in [0.5, 0.6) is 0 Å². The summed E-state index contributed by atoms with van der Waals surface area (Å²) in [6, 6.07) is 4.09. The number of carbonyl (C=O) groups excluding carboxylic acids is 2. The topological polar surface area (TPSA) is 86.5 Å². The Hall–Kier alpha value is -1.95. The maximum atomic E-state index is 11.6. The quantitative estimate of drug-likeness (QED) is 0.359. The normalized spacial score (nSPS) is 11.7. The fourth-order valence-corrected chi connectivity index (χ4v) is 1.82. The number of rotatable bonds is 5. The highest BCUT2D eigenvalue weighted by Crippen LogP contribution is 2.31. The lowest BCUT2D eigenvalue weighted by atomic mass is 9.96. The Labute approximate surface area is 114 Å². The van der Waals surface area contributed by atoms with E-state index >= 15 is 0 Å². The lowest BCUT2D eigenvalue weighted by molar-refractivity contribution is -0.385. The molecular weight excluding hydrogens is 274 g/mol. The average Bonchev–Trinajstić information content (AvgIpc) is 2.36. The molecule has 0 aliphatic rings. The van der Waals surface area contributed by atoms with Crippen molar-refractivity contribution in [2.75, 3.05) is 6.61 Å². The van der Waals surface area contributed by atoms with Crippen molar-refractivity contribution in [3.8, 4) is 0 Å². The van der Waals surface area contributed by atoms with E-state index in [4.69, 9.17) is 16.3 Å². The van der Waals surface area contributed by atoms with E-state index in [0.717, 1.165) is 0 Å². The third kappa shape index (κ3) is 3.29. The summed E-state index contributed by atoms with van der Waals surface area (Å²) in [6.07, 6.45) is 0. The maximum absolute atomic E-state index is 11.6. The molecule has 1 rings (SSSR count). The molecule has 102 valence electrons. The predicted octanol–water partition coefficient (Wildman–Crippen LogP) is 2.64. The molecule has 0 amide bonds. The first-order valence-electron chi connectivity index (χ1n) is 5.53. The molecular formula is C12H12ClNO5. The van der Waals surface area contributed by atoms with E-state index in [2.05, 4.69) is 0 Å². The summed E-state index contributed by atoms with van der Waals surface area (Å²) in [5, 5.41) is 10.1. The van der Waals surface area contributed by atoms with Gasteiger partial charge >= 0.3 is 5.97 Å². The molecule has 0 aromatic heterocycles. The monoisotopic (exact) mass is 285 g/mol. The second-order valence-electron chi connectivity index (χ2n) is 3.75. The Balaban J connectivity index is 3.35. The molecule has 1 aromatic carbocycles. The van der Waals surface area contributed by atoms with Crippen LogP contribution in [0.25, 0.3) is 0 Å². The van der Waals surface area contributed by atoms with Crippen LogP contribution in [-0.4, -0.2) is 22.7 Å². The lowest BCUT2D eigenvalue weighted by Gasteiger charge is -2.12. The van der Waals surface area contributed by atoms with Gasteiger partial charge in [-0.1, -0.05) is 12.1 Å². The number of esters is 1. The predicted molar refractivity (Wildman–Crippen MR) is 68.3 cm³/mol. The molecule has 0 aliphatic heterocycles. The van der Waals surface area contributed by atoms with Crippen molar-refractivity contribution in [2.45, 2.75) is 19.8 Å². The molecule has 0 fully saturated rings. The van der Waals surface area contributed by atoms with Crippen molar-refractivity contribution < 1.29 is 19.2 Å². The molecule has 0 bridgehead atoms. The molecule has 0 saturated heterocycles. The second kappa shape index (κ2) is 6.29. The molecule has 6 nitrogen and oxygen atoms in total. The Kier molecular flexibility index (Phi) is 5.00. The minimum atomic E-state index is -0.940. The fourth-order valence-electron chi connectivity index (χ4n) is 1.67. The van der Waals surface area contributed by atoms with Gasteiger partial charge in [-0.15, -0.1) is 0 Å². The van der Waals surface area contributed by atoms with Gasteiger partial charge in [0.05, 0.1) is 17.4 Å². The number of nitro groups is 1. The van der Waals surface area contributed by atoms with Crippen LogP contribution in [0.4, 0.5) is 5.69 Å². The summed E-state index contributed by atoms with van der Waals surface area (Å²) >= 11 is 5.31. The number of carbonyl (C=O) groups is 2. The molecule has 0 aliphatic carbocycles. The average molecular weight is 286 g/mol. The standard InChI is InChI=1S/C12H12ClNO5/c1-3-19-12(16)7(2)8-5-4-6-9(11(13)15)10(8)14(17)18/h4-7H,3H2,1-2H3. The largest absolute Gasteiger partial charge is 0.466 e. The van der Waals surface area contributed by atoms with Gasteiger partial charge in [-0.25, -0.2) is 0 Å². The molecule has 0 N–H and O–H groups in total. The van der Waals surface area contributed by atoms with Crippen LogP contribution in [-0.2, 0) is 9.53 Å². The Morgan fingerprint density at radius 3 is 2.58 bits per heavy atom. The highest BCUT2D eigenvalue weighted by molar-refractivity contribution is 6.68. The van der Waals surface area contributed by atoms with E-state index in [1.54, 1.807) is 6.92 Å². The molecule has 0 heterocycles. The number of ether oxygens (including phenoxy) is 1. The van der Waals surface area contributed by atoms with Gasteiger partial charge in [-0.3, -0.25) is 19.7 Å². The van der Waals surface area contributed by atoms with Gasteiger partial charge in [-0.2, -0.15) is 0 Å². The van der Waals surface area contributed by atoms with E-state index in [1.165, 1.54) is 25.1 Å². The van der Waals surface area contributed by atoms with Gasteiger partial charge in [0.25, 0.3) is 10.9 Å². The third-order valence-electron chi connectivity index (χ3n) is 2.57. The summed E-state index contributed by atoms with van der Waals surface area (Å²) in [5.74, 6) is -1.44. The van der Waals surface area contributed by atoms with E-state index < -0.39 is 27.7 Å². The summed E-state index contributed by atoms with van der Waals surface area (Å²) in [4.78, 5) is 33.2. The first-order chi connectivity index (χ1) is 8.90. The highest BCUT2D eigenvalue weighted by atomic mass is 35.5. The van der Waals surface area contributed by atoms with Gasteiger partial charge in [0.2, 0.25) is 0 Å². The van der Waals surface area contributed by atoms with Crippen molar-refractivity contribution in [1.82, 2.24) is 0 Å². The van der Waals surface area contributed by atoms with Gasteiger partial charge in [0.1, 0.15) is 5.56 Å². The molecule has 1 aromatic rings. The zero-order valence-corrected chi connectivity index (χ0v) is 11.1. The van der Waals surface area contributed by atoms with Crippen molar-refractivity contribution >= 4 is 28.5 Å². The summed E-state index contributed by atoms with van der Waals surface area (Å²) in [7, 11) is 0. The summed E-state index contributed by atoms with van der Waals surface area (Å²) < 4.78 is 4.81. The number of halogens is 1. The number of hydrogen-bond acceptors (Lipinski definition) is 5. The minimum Gasteiger partial charge on any atom is -0.466 e. The SMILES string of the molecule is CCOC(=O)C(C)c1cccc(C(=O)Cl)c1[N+](=O)[O-]. The molecule has 7 heteroatoms. The molecule has 19 heavy (non-hydrogen) atoms. The van der Waals surface area contributed by atoms with Crippen LogP contribution in [0.15, 0.2) is 18.2 Å². The van der Waals surface area contributed by atoms with Gasteiger partial charge in [0.15, 0.2) is 0 Å². The summed E-state index contributed by atoms with van der Waals surface area (Å²) in [6.45, 7) is 3.28. The van der Waals surface area contributed by atoms with Gasteiger partial charge in [0, 0.05) is 5.56 Å². The molecule has 0 radical (unpaired) electrons. The smallest absolute Gasteiger partial charge is 0.313 e. The van der Waals surface area contributed by atoms with E-state index in [9.17, 15) is 19.7 Å². The molecule has 1 unspecified atom stereocenters. The Bertz CT molecular complexity index is 529. The van der Waals surface area contributed by atoms with Crippen LogP contribution < -0.4 is 0 Å². The lowest BCUT2D eigenvalue weighted by Crippen LogP contribution is -2.15. The van der Waals surface area contributed by atoms with E-state index in [-0.39, 0.29) is 17.7 Å². The van der Waals surface area contributed by atoms with Crippen molar-refractivity contribution in [3.63, 3.8) is 0 Å². The molecule has 0 saturated carbocycles. The molecule has 1 atom stereocenters. The number of hydrogen-bond donors (Lipinski definition) is 0. The first-order valence-corrected chi connectivity index (χ1v) is 5.91. The van der Waals surface area contributed by atoms with Crippen LogP contribution >= 0.6 is 11.6 Å². The second-order valence-corrected chi connectivity index (χ2v) is 4.09. The van der Waals surface area contributed by atoms with E-state index in [0.29, 0.717) is 0 Å². The van der Waals surface area contributed by atoms with Crippen molar-refractivity contribution in [1.29, 1.82) is 0 Å². The minimum absolute atomic E-state index is 0.106. The Morgan fingerprint density at radius 2 is 2.11 bits per heavy atom. The first kappa shape index (κ1) is 15.1. The number of nitro benzene ring substituents is 1. The zero-order valence-electron chi connectivity index (χ0n) is 10.4. The fraction of sp³-hybridized carbons (Fsp3) is 0.333. The van der Waals surface area contributed by atoms with Crippen LogP contribution in [0.3, 0.4) is 0 Å². The Morgan fingerprint density at radius 1 is 1.47 bits per heavy atom. The van der Waals surface area contributed by atoms with Crippen molar-refractivity contribution in [2.24, 2.45) is 0 Å². The third-order valence-corrected chi connectivity index (χ3v) is 2.77. The maximum Gasteiger partial charge on any atom is 0.313 e. The number of benzene rings is 1. The zero-order chi connectivity index (χ0) is 14.6. The number of para-hydroxylation sites is 1. The van der Waals surface area contributed by atoms with E-state index in [1.807, 2.05) is 0 Å². The molecule has 0 spiro atoms. The number of nitrogens with zero attached hydrogens (tertiary/aromatic N) is 1. The van der Waals surface area contributed by atoms with Gasteiger partial charge in [-0.05, 0) is 31.5 Å². The van der Waals surface area contributed by atoms with Gasteiger partial charge < -0.3 is 4.74 Å².